The summed E-state index contributed by atoms with van der Waals surface area (Å²) in [5.41, 5.74) is 0.739. The van der Waals surface area contributed by atoms with Crippen molar-refractivity contribution in [3.63, 3.8) is 0 Å². The Kier molecular flexibility index (Phi) is 8.45. The summed E-state index contributed by atoms with van der Waals surface area (Å²) in [5, 5.41) is 3.25. The highest BCUT2D eigenvalue weighted by Crippen LogP contribution is 2.36. The summed E-state index contributed by atoms with van der Waals surface area (Å²) in [7, 11) is 3.05. The lowest BCUT2D eigenvalue weighted by molar-refractivity contribution is -0.130. The van der Waals surface area contributed by atoms with Crippen LogP contribution in [0, 0.1) is 0 Å². The van der Waals surface area contributed by atoms with Crippen molar-refractivity contribution < 1.29 is 19.1 Å². The van der Waals surface area contributed by atoms with Gasteiger partial charge in [0.05, 0.1) is 19.2 Å². The molecule has 0 aromatic heterocycles. The highest BCUT2D eigenvalue weighted by molar-refractivity contribution is 6.32. The predicted molar refractivity (Wildman–Crippen MR) is 106 cm³/mol. The van der Waals surface area contributed by atoms with E-state index in [1.807, 2.05) is 4.90 Å². The SMILES string of the molecule is COc1cc(/C=C/C(=O)NCCCN2CCCCCC2=O)cc(Cl)c1OC. The molecule has 0 unspecified atom stereocenters. The largest absolute Gasteiger partial charge is 0.493 e. The van der Waals surface area contributed by atoms with Crippen molar-refractivity contribution in [3.05, 3.63) is 28.8 Å². The van der Waals surface area contributed by atoms with Crippen molar-refractivity contribution in [2.24, 2.45) is 0 Å². The molecule has 0 bridgehead atoms. The van der Waals surface area contributed by atoms with Crippen molar-refractivity contribution in [2.75, 3.05) is 33.9 Å². The molecule has 1 saturated heterocycles. The highest BCUT2D eigenvalue weighted by Gasteiger charge is 2.15. The molecular formula is C20H27ClN2O4. The average molecular weight is 395 g/mol. The third-order valence-corrected chi connectivity index (χ3v) is 4.74. The Morgan fingerprint density at radius 2 is 2.07 bits per heavy atom. The Morgan fingerprint density at radius 1 is 1.26 bits per heavy atom. The minimum atomic E-state index is -0.192. The Morgan fingerprint density at radius 3 is 2.81 bits per heavy atom. The van der Waals surface area contributed by atoms with Crippen LogP contribution >= 0.6 is 11.6 Å². The van der Waals surface area contributed by atoms with Crippen LogP contribution in [0.4, 0.5) is 0 Å². The molecule has 6 nitrogen and oxygen atoms in total. The monoisotopic (exact) mass is 394 g/mol. The van der Waals surface area contributed by atoms with E-state index in [9.17, 15) is 9.59 Å². The number of benzene rings is 1. The van der Waals surface area contributed by atoms with Crippen molar-refractivity contribution in [2.45, 2.75) is 32.1 Å². The molecule has 27 heavy (non-hydrogen) atoms. The van der Waals surface area contributed by atoms with Crippen LogP contribution in [0.25, 0.3) is 6.08 Å². The average Bonchev–Trinajstić information content (AvgIpc) is 2.87. The second-order valence-electron chi connectivity index (χ2n) is 6.41. The third kappa shape index (κ3) is 6.47. The summed E-state index contributed by atoms with van der Waals surface area (Å²) < 4.78 is 10.4. The standard InChI is InChI=1S/C20H27ClN2O4/c1-26-17-14-15(13-16(21)20(17)27-2)8-9-18(24)22-10-6-12-23-11-5-3-4-7-19(23)25/h8-9,13-14H,3-7,10-12H2,1-2H3,(H,22,24)/b9-8+. The van der Waals surface area contributed by atoms with E-state index in [-0.39, 0.29) is 11.8 Å². The van der Waals surface area contributed by atoms with Gasteiger partial charge in [0.15, 0.2) is 11.5 Å². The highest BCUT2D eigenvalue weighted by atomic mass is 35.5. The Bertz CT molecular complexity index is 691. The molecule has 1 aliphatic heterocycles. The normalized spacial score (nSPS) is 14.9. The number of methoxy groups -OCH3 is 2. The van der Waals surface area contributed by atoms with Gasteiger partial charge in [0.25, 0.3) is 0 Å². The van der Waals surface area contributed by atoms with Gasteiger partial charge in [-0.2, -0.15) is 0 Å². The predicted octanol–water partition coefficient (Wildman–Crippen LogP) is 3.28. The van der Waals surface area contributed by atoms with Crippen LogP contribution in [0.1, 0.15) is 37.7 Å². The minimum absolute atomic E-state index is 0.192. The first-order valence-corrected chi connectivity index (χ1v) is 9.58. The van der Waals surface area contributed by atoms with Crippen molar-refractivity contribution in [3.8, 4) is 11.5 Å². The van der Waals surface area contributed by atoms with Gasteiger partial charge < -0.3 is 19.7 Å². The molecule has 7 heteroatoms. The smallest absolute Gasteiger partial charge is 0.244 e. The van der Waals surface area contributed by atoms with E-state index in [2.05, 4.69) is 5.32 Å². The number of halogens is 1. The molecule has 0 radical (unpaired) electrons. The van der Waals surface area contributed by atoms with Crippen LogP contribution in [-0.2, 0) is 9.59 Å². The van der Waals surface area contributed by atoms with Gasteiger partial charge in [-0.1, -0.05) is 18.0 Å². The minimum Gasteiger partial charge on any atom is -0.493 e. The molecule has 0 aliphatic carbocycles. The first kappa shape index (κ1) is 21.1. The van der Waals surface area contributed by atoms with E-state index < -0.39 is 0 Å². The molecule has 0 atom stereocenters. The summed E-state index contributed by atoms with van der Waals surface area (Å²) in [4.78, 5) is 25.8. The first-order chi connectivity index (χ1) is 13.0. The number of carbonyl (C=O) groups excluding carboxylic acids is 2. The van der Waals surface area contributed by atoms with Gasteiger partial charge in [-0.25, -0.2) is 0 Å². The number of amides is 2. The molecule has 0 saturated carbocycles. The zero-order valence-electron chi connectivity index (χ0n) is 15.9. The molecule has 1 N–H and O–H groups in total. The summed E-state index contributed by atoms with van der Waals surface area (Å²) >= 11 is 6.16. The van der Waals surface area contributed by atoms with Crippen LogP contribution < -0.4 is 14.8 Å². The van der Waals surface area contributed by atoms with Crippen LogP contribution in [0.3, 0.4) is 0 Å². The van der Waals surface area contributed by atoms with E-state index in [1.54, 1.807) is 18.2 Å². The fourth-order valence-electron chi connectivity index (χ4n) is 3.02. The van der Waals surface area contributed by atoms with Gasteiger partial charge in [0.2, 0.25) is 11.8 Å². The van der Waals surface area contributed by atoms with Crippen molar-refractivity contribution in [1.29, 1.82) is 0 Å². The third-order valence-electron chi connectivity index (χ3n) is 4.46. The van der Waals surface area contributed by atoms with Gasteiger partial charge in [-0.15, -0.1) is 0 Å². The van der Waals surface area contributed by atoms with Gasteiger partial charge >= 0.3 is 0 Å². The second kappa shape index (κ2) is 10.8. The molecule has 1 aliphatic rings. The summed E-state index contributed by atoms with van der Waals surface area (Å²) in [5.74, 6) is 1.00. The maximum absolute atomic E-state index is 12.0. The van der Waals surface area contributed by atoms with Crippen LogP contribution in [0.15, 0.2) is 18.2 Å². The molecule has 1 aromatic rings. The van der Waals surface area contributed by atoms with E-state index in [0.717, 1.165) is 37.8 Å². The van der Waals surface area contributed by atoms with Crippen molar-refractivity contribution in [1.82, 2.24) is 10.2 Å². The van der Waals surface area contributed by atoms with Gasteiger partial charge in [0, 0.05) is 32.1 Å². The van der Waals surface area contributed by atoms with Gasteiger partial charge in [0.1, 0.15) is 0 Å². The number of ether oxygens (including phenoxy) is 2. The fourth-order valence-corrected chi connectivity index (χ4v) is 3.32. The fraction of sp³-hybridized carbons (Fsp3) is 0.500. The molecule has 2 rings (SSSR count). The summed E-state index contributed by atoms with van der Waals surface area (Å²) in [6.07, 6.45) is 7.67. The summed E-state index contributed by atoms with van der Waals surface area (Å²) in [6.45, 7) is 2.04. The second-order valence-corrected chi connectivity index (χ2v) is 6.81. The Hall–Kier alpha value is -2.21. The quantitative estimate of drug-likeness (QED) is 0.542. The molecular weight excluding hydrogens is 368 g/mol. The lowest BCUT2D eigenvalue weighted by atomic mass is 10.2. The molecule has 1 heterocycles. The Labute approximate surface area is 165 Å². The number of likely N-dealkylation sites (tertiary alicyclic amines) is 1. The lowest BCUT2D eigenvalue weighted by Crippen LogP contribution is -2.33. The lowest BCUT2D eigenvalue weighted by Gasteiger charge is -2.20. The maximum atomic E-state index is 12.0. The first-order valence-electron chi connectivity index (χ1n) is 9.20. The summed E-state index contributed by atoms with van der Waals surface area (Å²) in [6, 6.07) is 3.46. The number of nitrogens with zero attached hydrogens (tertiary/aromatic N) is 1. The van der Waals surface area contributed by atoms with E-state index >= 15 is 0 Å². The Balaban J connectivity index is 1.80. The molecule has 2 amide bonds. The number of rotatable bonds is 8. The zero-order valence-corrected chi connectivity index (χ0v) is 16.7. The van der Waals surface area contributed by atoms with Crippen LogP contribution in [0.5, 0.6) is 11.5 Å². The van der Waals surface area contributed by atoms with Crippen molar-refractivity contribution >= 4 is 29.5 Å². The number of nitrogens with one attached hydrogen (secondary N) is 1. The molecule has 0 spiro atoms. The number of hydrogen-bond acceptors (Lipinski definition) is 4. The number of hydrogen-bond donors (Lipinski definition) is 1. The maximum Gasteiger partial charge on any atom is 0.244 e. The number of carbonyl (C=O) groups is 2. The topological polar surface area (TPSA) is 67.9 Å². The van der Waals surface area contributed by atoms with E-state index in [4.69, 9.17) is 21.1 Å². The van der Waals surface area contributed by atoms with Crippen LogP contribution in [-0.4, -0.2) is 50.6 Å². The van der Waals surface area contributed by atoms with Crippen LogP contribution in [0.2, 0.25) is 5.02 Å². The molecule has 1 aromatic carbocycles. The molecule has 1 fully saturated rings. The van der Waals surface area contributed by atoms with E-state index in [0.29, 0.717) is 36.0 Å². The zero-order chi connectivity index (χ0) is 19.6. The molecule has 148 valence electrons. The van der Waals surface area contributed by atoms with E-state index in [1.165, 1.54) is 20.3 Å². The van der Waals surface area contributed by atoms with Gasteiger partial charge in [-0.3, -0.25) is 9.59 Å². The van der Waals surface area contributed by atoms with Gasteiger partial charge in [-0.05, 0) is 43.0 Å².